The molecule has 3 N–H and O–H groups in total. The van der Waals surface area contributed by atoms with Gasteiger partial charge in [0.05, 0.1) is 17.2 Å². The number of carbonyl (C=O) groups is 2. The molecule has 1 aliphatic heterocycles. The number of benzene rings is 1. The lowest BCUT2D eigenvalue weighted by Gasteiger charge is -2.23. The molecule has 0 saturated heterocycles. The summed E-state index contributed by atoms with van der Waals surface area (Å²) in [7, 11) is 0. The molecule has 0 fully saturated rings. The number of anilines is 2. The molecule has 7 nitrogen and oxygen atoms in total. The van der Waals surface area contributed by atoms with Gasteiger partial charge in [-0.25, -0.2) is 9.37 Å². The zero-order chi connectivity index (χ0) is 17.3. The van der Waals surface area contributed by atoms with Crippen molar-refractivity contribution in [2.45, 2.75) is 17.5 Å². The molecular formula is C15H13FN4O3S. The summed E-state index contributed by atoms with van der Waals surface area (Å²) in [5.74, 6) is -2.65. The Bertz CT molecular complexity index is 883. The van der Waals surface area contributed by atoms with E-state index >= 15 is 0 Å². The number of para-hydroxylation sites is 1. The van der Waals surface area contributed by atoms with Crippen LogP contribution in [0.25, 0.3) is 0 Å². The van der Waals surface area contributed by atoms with Gasteiger partial charge in [0, 0.05) is 6.42 Å². The number of amides is 2. The first kappa shape index (κ1) is 16.2. The third kappa shape index (κ3) is 3.02. The van der Waals surface area contributed by atoms with E-state index in [1.165, 1.54) is 30.0 Å². The molecule has 0 aliphatic carbocycles. The van der Waals surface area contributed by atoms with Crippen LogP contribution in [0.15, 0.2) is 34.2 Å². The van der Waals surface area contributed by atoms with Gasteiger partial charge in [0.1, 0.15) is 11.6 Å². The van der Waals surface area contributed by atoms with Crippen molar-refractivity contribution in [1.82, 2.24) is 9.97 Å². The number of hydrogen-bond acceptors (Lipinski definition) is 5. The number of H-pyrrole nitrogens is 1. The van der Waals surface area contributed by atoms with Crippen molar-refractivity contribution in [2.75, 3.05) is 16.9 Å². The number of carbonyl (C=O) groups excluding carboxylic acids is 2. The van der Waals surface area contributed by atoms with Crippen LogP contribution in [-0.4, -0.2) is 28.0 Å². The summed E-state index contributed by atoms with van der Waals surface area (Å²) in [5.41, 5.74) is -0.445. The van der Waals surface area contributed by atoms with E-state index in [4.69, 9.17) is 0 Å². The van der Waals surface area contributed by atoms with E-state index in [-0.39, 0.29) is 23.5 Å². The zero-order valence-corrected chi connectivity index (χ0v) is 13.4. The number of aromatic nitrogens is 2. The number of rotatable bonds is 3. The molecule has 0 radical (unpaired) electrons. The predicted octanol–water partition coefficient (Wildman–Crippen LogP) is 1.70. The minimum atomic E-state index is -1.04. The van der Waals surface area contributed by atoms with Crippen LogP contribution in [0.1, 0.15) is 17.9 Å². The molecule has 2 aromatic rings. The number of nitrogens with one attached hydrogen (secondary N) is 3. The van der Waals surface area contributed by atoms with Crippen molar-refractivity contribution in [3.8, 4) is 0 Å². The standard InChI is InChI=1S/C15H13FN4O3S/c1-24-15-19-12-11(14(23)20-15)7(6-10(21)18-12)13(22)17-9-5-3-2-4-8(9)16/h2-5,7H,6H2,1H3,(H,17,22)(H2,18,19,20,21,23)/t7-/m1/s1. The van der Waals surface area contributed by atoms with Gasteiger partial charge in [0.15, 0.2) is 5.16 Å². The summed E-state index contributed by atoms with van der Waals surface area (Å²) < 4.78 is 13.7. The van der Waals surface area contributed by atoms with E-state index in [9.17, 15) is 18.8 Å². The van der Waals surface area contributed by atoms with Crippen molar-refractivity contribution < 1.29 is 14.0 Å². The maximum absolute atomic E-state index is 13.7. The molecule has 24 heavy (non-hydrogen) atoms. The lowest BCUT2D eigenvalue weighted by Crippen LogP contribution is -2.36. The van der Waals surface area contributed by atoms with Gasteiger partial charge in [-0.05, 0) is 18.4 Å². The Hall–Kier alpha value is -2.68. The summed E-state index contributed by atoms with van der Waals surface area (Å²) in [6.45, 7) is 0. The molecule has 0 saturated carbocycles. The SMILES string of the molecule is CSc1nc2c(c(=O)[nH]1)[C@H](C(=O)Nc1ccccc1F)CC(=O)N2. The average Bonchev–Trinajstić information content (AvgIpc) is 2.55. The predicted molar refractivity (Wildman–Crippen MR) is 87.7 cm³/mol. The first-order chi connectivity index (χ1) is 11.5. The molecule has 0 unspecified atom stereocenters. The van der Waals surface area contributed by atoms with Crippen LogP contribution in [-0.2, 0) is 9.59 Å². The number of halogens is 1. The summed E-state index contributed by atoms with van der Waals surface area (Å²) in [6, 6.07) is 5.67. The normalized spacial score (nSPS) is 16.2. The highest BCUT2D eigenvalue weighted by molar-refractivity contribution is 7.98. The second kappa shape index (κ2) is 6.44. The molecule has 9 heteroatoms. The maximum Gasteiger partial charge on any atom is 0.257 e. The summed E-state index contributed by atoms with van der Waals surface area (Å²) in [6.07, 6.45) is 1.51. The molecule has 1 aromatic heterocycles. The van der Waals surface area contributed by atoms with Crippen LogP contribution in [0.2, 0.25) is 0 Å². The monoisotopic (exact) mass is 348 g/mol. The van der Waals surface area contributed by atoms with Crippen LogP contribution in [0.3, 0.4) is 0 Å². The highest BCUT2D eigenvalue weighted by Gasteiger charge is 2.34. The number of thioether (sulfide) groups is 1. The van der Waals surface area contributed by atoms with Crippen molar-refractivity contribution >= 4 is 35.1 Å². The molecular weight excluding hydrogens is 335 g/mol. The molecule has 0 spiro atoms. The number of hydrogen-bond donors (Lipinski definition) is 3. The molecule has 3 rings (SSSR count). The first-order valence-corrected chi connectivity index (χ1v) is 8.25. The summed E-state index contributed by atoms with van der Waals surface area (Å²) in [5, 5.41) is 5.24. The molecule has 2 heterocycles. The Morgan fingerprint density at radius 1 is 1.38 bits per heavy atom. The molecule has 2 amide bonds. The van der Waals surface area contributed by atoms with E-state index in [0.29, 0.717) is 5.16 Å². The Kier molecular flexibility index (Phi) is 4.34. The van der Waals surface area contributed by atoms with Crippen LogP contribution in [0, 0.1) is 5.82 Å². The van der Waals surface area contributed by atoms with Crippen molar-refractivity contribution in [3.05, 3.63) is 46.0 Å². The molecule has 124 valence electrons. The van der Waals surface area contributed by atoms with E-state index in [1.54, 1.807) is 12.3 Å². The van der Waals surface area contributed by atoms with E-state index in [2.05, 4.69) is 20.6 Å². The van der Waals surface area contributed by atoms with Crippen molar-refractivity contribution in [1.29, 1.82) is 0 Å². The number of fused-ring (bicyclic) bond motifs is 1. The zero-order valence-electron chi connectivity index (χ0n) is 12.6. The largest absolute Gasteiger partial charge is 0.323 e. The van der Waals surface area contributed by atoms with E-state index < -0.39 is 29.1 Å². The minimum absolute atomic E-state index is 0.0137. The number of aromatic amines is 1. The van der Waals surface area contributed by atoms with Gasteiger partial charge in [0.2, 0.25) is 11.8 Å². The lowest BCUT2D eigenvalue weighted by atomic mass is 9.92. The van der Waals surface area contributed by atoms with Crippen LogP contribution in [0.4, 0.5) is 15.9 Å². The van der Waals surface area contributed by atoms with Gasteiger partial charge in [-0.3, -0.25) is 14.4 Å². The summed E-state index contributed by atoms with van der Waals surface area (Å²) in [4.78, 5) is 43.3. The van der Waals surface area contributed by atoms with Crippen LogP contribution in [0.5, 0.6) is 0 Å². The van der Waals surface area contributed by atoms with Crippen LogP contribution >= 0.6 is 11.8 Å². The highest BCUT2D eigenvalue weighted by Crippen LogP contribution is 2.30. The Labute approximate surface area is 140 Å². The Morgan fingerprint density at radius 2 is 2.12 bits per heavy atom. The highest BCUT2D eigenvalue weighted by atomic mass is 32.2. The average molecular weight is 348 g/mol. The van der Waals surface area contributed by atoms with E-state index in [0.717, 1.165) is 0 Å². The van der Waals surface area contributed by atoms with Gasteiger partial charge < -0.3 is 15.6 Å². The Morgan fingerprint density at radius 3 is 2.83 bits per heavy atom. The minimum Gasteiger partial charge on any atom is -0.323 e. The third-order valence-corrected chi connectivity index (χ3v) is 4.15. The molecule has 1 atom stereocenters. The smallest absolute Gasteiger partial charge is 0.257 e. The third-order valence-electron chi connectivity index (χ3n) is 3.57. The van der Waals surface area contributed by atoms with E-state index in [1.807, 2.05) is 0 Å². The van der Waals surface area contributed by atoms with Gasteiger partial charge in [-0.15, -0.1) is 0 Å². The van der Waals surface area contributed by atoms with Gasteiger partial charge in [-0.2, -0.15) is 0 Å². The van der Waals surface area contributed by atoms with Gasteiger partial charge in [-0.1, -0.05) is 23.9 Å². The quantitative estimate of drug-likeness (QED) is 0.578. The van der Waals surface area contributed by atoms with Crippen molar-refractivity contribution in [2.24, 2.45) is 0 Å². The fraction of sp³-hybridized carbons (Fsp3) is 0.200. The lowest BCUT2D eigenvalue weighted by molar-refractivity contribution is -0.123. The Balaban J connectivity index is 1.98. The first-order valence-electron chi connectivity index (χ1n) is 7.03. The topological polar surface area (TPSA) is 104 Å². The van der Waals surface area contributed by atoms with Crippen LogP contribution < -0.4 is 16.2 Å². The fourth-order valence-electron chi connectivity index (χ4n) is 2.45. The maximum atomic E-state index is 13.7. The summed E-state index contributed by atoms with van der Waals surface area (Å²) >= 11 is 1.20. The van der Waals surface area contributed by atoms with Gasteiger partial charge in [0.25, 0.3) is 5.56 Å². The second-order valence-corrected chi connectivity index (χ2v) is 5.91. The number of nitrogens with zero attached hydrogens (tertiary/aromatic N) is 1. The second-order valence-electron chi connectivity index (χ2n) is 5.11. The fourth-order valence-corrected chi connectivity index (χ4v) is 2.83. The molecule has 1 aliphatic rings. The van der Waals surface area contributed by atoms with Crippen molar-refractivity contribution in [3.63, 3.8) is 0 Å². The molecule has 1 aromatic carbocycles. The van der Waals surface area contributed by atoms with Gasteiger partial charge >= 0.3 is 0 Å². The molecule has 0 bridgehead atoms.